The Kier molecular flexibility index (Phi) is 5.06. The summed E-state index contributed by atoms with van der Waals surface area (Å²) >= 11 is 0. The van der Waals surface area contributed by atoms with E-state index < -0.39 is 5.41 Å². The molecule has 0 spiro atoms. The number of carbonyl (C=O) groups is 2. The zero-order valence-corrected chi connectivity index (χ0v) is 15.8. The summed E-state index contributed by atoms with van der Waals surface area (Å²) in [5, 5.41) is 3.14. The molecule has 1 aromatic rings. The SMILES string of the molecule is O=C(NC1CCCCC1)C1(C(=O)N2CCN(c3ccccc3F)CC2)CC1. The lowest BCUT2D eigenvalue weighted by atomic mass is 9.94. The molecule has 4 rings (SSSR count). The van der Waals surface area contributed by atoms with E-state index in [2.05, 4.69) is 5.32 Å². The molecule has 0 unspecified atom stereocenters. The molecule has 0 atom stereocenters. The van der Waals surface area contributed by atoms with Gasteiger partial charge in [-0.05, 0) is 37.8 Å². The van der Waals surface area contributed by atoms with Crippen molar-refractivity contribution in [3.63, 3.8) is 0 Å². The van der Waals surface area contributed by atoms with Crippen molar-refractivity contribution in [1.82, 2.24) is 10.2 Å². The number of halogens is 1. The predicted molar refractivity (Wildman–Crippen MR) is 102 cm³/mol. The number of rotatable bonds is 4. The van der Waals surface area contributed by atoms with Crippen LogP contribution in [-0.4, -0.2) is 48.9 Å². The highest BCUT2D eigenvalue weighted by molar-refractivity contribution is 6.08. The number of nitrogens with zero attached hydrogens (tertiary/aromatic N) is 2. The predicted octanol–water partition coefficient (Wildman–Crippen LogP) is 2.70. The summed E-state index contributed by atoms with van der Waals surface area (Å²) in [7, 11) is 0. The summed E-state index contributed by atoms with van der Waals surface area (Å²) < 4.78 is 14.0. The van der Waals surface area contributed by atoms with Crippen LogP contribution in [0.4, 0.5) is 10.1 Å². The quantitative estimate of drug-likeness (QED) is 0.826. The van der Waals surface area contributed by atoms with E-state index in [0.717, 1.165) is 25.7 Å². The van der Waals surface area contributed by atoms with Crippen LogP contribution in [0.3, 0.4) is 0 Å². The van der Waals surface area contributed by atoms with Crippen LogP contribution in [0.15, 0.2) is 24.3 Å². The van der Waals surface area contributed by atoms with E-state index in [-0.39, 0.29) is 23.7 Å². The summed E-state index contributed by atoms with van der Waals surface area (Å²) in [5.74, 6) is -0.345. The largest absolute Gasteiger partial charge is 0.366 e. The monoisotopic (exact) mass is 373 g/mol. The first-order valence-electron chi connectivity index (χ1n) is 10.2. The lowest BCUT2D eigenvalue weighted by Crippen LogP contribution is -2.54. The van der Waals surface area contributed by atoms with Gasteiger partial charge in [-0.2, -0.15) is 0 Å². The molecule has 2 saturated carbocycles. The van der Waals surface area contributed by atoms with Gasteiger partial charge in [0.1, 0.15) is 11.2 Å². The number of hydrogen-bond donors (Lipinski definition) is 1. The highest BCUT2D eigenvalue weighted by atomic mass is 19.1. The van der Waals surface area contributed by atoms with Crippen LogP contribution in [0.5, 0.6) is 0 Å². The topological polar surface area (TPSA) is 52.7 Å². The Morgan fingerprint density at radius 2 is 1.67 bits per heavy atom. The zero-order valence-electron chi connectivity index (χ0n) is 15.8. The fourth-order valence-electron chi connectivity index (χ4n) is 4.39. The number of carbonyl (C=O) groups excluding carboxylic acids is 2. The first-order valence-corrected chi connectivity index (χ1v) is 10.2. The molecule has 6 heteroatoms. The number of amides is 2. The lowest BCUT2D eigenvalue weighted by molar-refractivity contribution is -0.144. The molecular weight excluding hydrogens is 345 g/mol. The molecule has 3 aliphatic rings. The van der Waals surface area contributed by atoms with Gasteiger partial charge in [0.2, 0.25) is 11.8 Å². The molecule has 5 nitrogen and oxygen atoms in total. The molecule has 1 aromatic carbocycles. The van der Waals surface area contributed by atoms with Gasteiger partial charge in [-0.1, -0.05) is 31.4 Å². The number of anilines is 1. The van der Waals surface area contributed by atoms with Crippen LogP contribution in [0, 0.1) is 11.2 Å². The first-order chi connectivity index (χ1) is 13.1. The fraction of sp³-hybridized carbons (Fsp3) is 0.619. The van der Waals surface area contributed by atoms with Crippen molar-refractivity contribution in [2.45, 2.75) is 51.0 Å². The highest BCUT2D eigenvalue weighted by Gasteiger charge is 2.58. The van der Waals surface area contributed by atoms with Crippen molar-refractivity contribution in [3.8, 4) is 0 Å². The molecule has 1 aliphatic heterocycles. The minimum atomic E-state index is -0.836. The second-order valence-electron chi connectivity index (χ2n) is 8.12. The molecule has 0 aromatic heterocycles. The molecule has 27 heavy (non-hydrogen) atoms. The maximum Gasteiger partial charge on any atom is 0.238 e. The van der Waals surface area contributed by atoms with E-state index in [1.807, 2.05) is 11.0 Å². The van der Waals surface area contributed by atoms with Crippen LogP contribution in [0.25, 0.3) is 0 Å². The molecule has 146 valence electrons. The Morgan fingerprint density at radius 3 is 2.30 bits per heavy atom. The van der Waals surface area contributed by atoms with E-state index in [1.165, 1.54) is 12.5 Å². The molecule has 3 fully saturated rings. The third kappa shape index (κ3) is 3.66. The highest BCUT2D eigenvalue weighted by Crippen LogP contribution is 2.48. The van der Waals surface area contributed by atoms with E-state index >= 15 is 0 Å². The number of piperazine rings is 1. The number of nitrogens with one attached hydrogen (secondary N) is 1. The number of benzene rings is 1. The van der Waals surface area contributed by atoms with Crippen molar-refractivity contribution in [2.24, 2.45) is 5.41 Å². The maximum absolute atomic E-state index is 14.0. The average molecular weight is 373 g/mol. The van der Waals surface area contributed by atoms with Gasteiger partial charge in [-0.15, -0.1) is 0 Å². The Balaban J connectivity index is 1.34. The van der Waals surface area contributed by atoms with E-state index in [4.69, 9.17) is 0 Å². The van der Waals surface area contributed by atoms with Crippen molar-refractivity contribution in [2.75, 3.05) is 31.1 Å². The van der Waals surface area contributed by atoms with Crippen LogP contribution in [0.2, 0.25) is 0 Å². The van der Waals surface area contributed by atoms with Gasteiger partial charge in [0.15, 0.2) is 0 Å². The molecule has 2 aliphatic carbocycles. The van der Waals surface area contributed by atoms with Crippen molar-refractivity contribution in [1.29, 1.82) is 0 Å². The van der Waals surface area contributed by atoms with Crippen molar-refractivity contribution >= 4 is 17.5 Å². The van der Waals surface area contributed by atoms with Gasteiger partial charge in [-0.25, -0.2) is 4.39 Å². The van der Waals surface area contributed by atoms with E-state index in [1.54, 1.807) is 17.0 Å². The lowest BCUT2D eigenvalue weighted by Gasteiger charge is -2.37. The van der Waals surface area contributed by atoms with Gasteiger partial charge in [-0.3, -0.25) is 9.59 Å². The third-order valence-electron chi connectivity index (χ3n) is 6.29. The molecule has 0 bridgehead atoms. The Morgan fingerprint density at radius 1 is 1.00 bits per heavy atom. The van der Waals surface area contributed by atoms with Crippen LogP contribution in [0.1, 0.15) is 44.9 Å². The van der Waals surface area contributed by atoms with Crippen LogP contribution in [-0.2, 0) is 9.59 Å². The standard InChI is InChI=1S/C21H28FN3O2/c22-17-8-4-5-9-18(17)24-12-14-25(15-13-24)20(27)21(10-11-21)19(26)23-16-6-2-1-3-7-16/h4-5,8-9,16H,1-3,6-7,10-15H2,(H,23,26). The smallest absolute Gasteiger partial charge is 0.238 e. The first kappa shape index (κ1) is 18.3. The van der Waals surface area contributed by atoms with Gasteiger partial charge < -0.3 is 15.1 Å². The van der Waals surface area contributed by atoms with E-state index in [0.29, 0.717) is 44.7 Å². The maximum atomic E-state index is 14.0. The van der Waals surface area contributed by atoms with Crippen molar-refractivity contribution < 1.29 is 14.0 Å². The van der Waals surface area contributed by atoms with Crippen LogP contribution >= 0.6 is 0 Å². The summed E-state index contributed by atoms with van der Waals surface area (Å²) in [6.45, 7) is 2.25. The summed E-state index contributed by atoms with van der Waals surface area (Å²) in [6, 6.07) is 6.97. The normalized spacial score (nSPS) is 22.4. The zero-order chi connectivity index (χ0) is 18.9. The molecule has 1 heterocycles. The minimum Gasteiger partial charge on any atom is -0.366 e. The van der Waals surface area contributed by atoms with Gasteiger partial charge in [0.05, 0.1) is 5.69 Å². The van der Waals surface area contributed by atoms with Crippen LogP contribution < -0.4 is 10.2 Å². The summed E-state index contributed by atoms with van der Waals surface area (Å²) in [6.07, 6.45) is 6.90. The number of hydrogen-bond acceptors (Lipinski definition) is 3. The summed E-state index contributed by atoms with van der Waals surface area (Å²) in [4.78, 5) is 29.6. The average Bonchev–Trinajstić information content (AvgIpc) is 3.51. The second kappa shape index (κ2) is 7.49. The molecule has 2 amide bonds. The molecule has 0 radical (unpaired) electrons. The molecular formula is C21H28FN3O2. The van der Waals surface area contributed by atoms with Crippen molar-refractivity contribution in [3.05, 3.63) is 30.1 Å². The fourth-order valence-corrected chi connectivity index (χ4v) is 4.39. The van der Waals surface area contributed by atoms with E-state index in [9.17, 15) is 14.0 Å². The van der Waals surface area contributed by atoms with Gasteiger partial charge in [0.25, 0.3) is 0 Å². The molecule has 1 N–H and O–H groups in total. The number of para-hydroxylation sites is 1. The third-order valence-corrected chi connectivity index (χ3v) is 6.29. The Hall–Kier alpha value is -2.11. The minimum absolute atomic E-state index is 0.0380. The van der Waals surface area contributed by atoms with Gasteiger partial charge in [0, 0.05) is 32.2 Å². The van der Waals surface area contributed by atoms with Gasteiger partial charge >= 0.3 is 0 Å². The Bertz CT molecular complexity index is 705. The second-order valence-corrected chi connectivity index (χ2v) is 8.12. The summed E-state index contributed by atoms with van der Waals surface area (Å²) in [5.41, 5.74) is -0.252. The molecule has 1 saturated heterocycles. The Labute approximate surface area is 159 Å².